The Morgan fingerprint density at radius 2 is 1.28 bits per heavy atom. The zero-order valence-electron chi connectivity index (χ0n) is 8.21. The lowest BCUT2D eigenvalue weighted by atomic mass is 9.76. The van der Waals surface area contributed by atoms with Gasteiger partial charge in [-0.1, -0.05) is 17.6 Å². The molecule has 0 N–H and O–H groups in total. The summed E-state index contributed by atoms with van der Waals surface area (Å²) in [6.45, 7) is -6.04. The largest absolute Gasteiger partial charge is 0.510 e. The van der Waals surface area contributed by atoms with Crippen LogP contribution in [0.4, 0.5) is 39.3 Å². The highest BCUT2D eigenvalue weighted by Gasteiger charge is 2.42. The fourth-order valence-electron chi connectivity index (χ4n) is 1.26. The molecule has 0 radical (unpaired) electrons. The summed E-state index contributed by atoms with van der Waals surface area (Å²) in [6, 6.07) is -0.768. The number of rotatable bonds is 1. The lowest BCUT2D eigenvalue weighted by molar-refractivity contribution is -0.142. The number of hydrogen-bond donors (Lipinski definition) is 0. The molecule has 1 aromatic carbocycles. The standard InChI is InChI=1S/C8H3BF9/c10-7(11,12)4-1-2-6(9(16,17)18)5(3-4)8(13,14)15/h1-3H/q-1. The van der Waals surface area contributed by atoms with Crippen LogP contribution in [-0.2, 0) is 12.4 Å². The SMILES string of the molecule is F[B-](F)(F)c1ccc(C(F)(F)F)cc1C(F)(F)F. The van der Waals surface area contributed by atoms with E-state index in [-0.39, 0.29) is 12.1 Å². The Morgan fingerprint density at radius 1 is 0.778 bits per heavy atom. The van der Waals surface area contributed by atoms with Crippen molar-refractivity contribution in [2.75, 3.05) is 0 Å². The minimum Gasteiger partial charge on any atom is -0.445 e. The average molecular weight is 281 g/mol. The third kappa shape index (κ3) is 3.11. The van der Waals surface area contributed by atoms with Gasteiger partial charge in [-0.05, 0) is 6.07 Å². The van der Waals surface area contributed by atoms with Gasteiger partial charge in [-0.3, -0.25) is 0 Å². The molecule has 18 heavy (non-hydrogen) atoms. The molecule has 10 heteroatoms. The monoisotopic (exact) mass is 281 g/mol. The minimum atomic E-state index is -6.04. The second-order valence-electron chi connectivity index (χ2n) is 3.37. The normalized spacial score (nSPS) is 13.8. The molecule has 0 aliphatic heterocycles. The van der Waals surface area contributed by atoms with Crippen LogP contribution in [0.1, 0.15) is 11.1 Å². The molecule has 0 amide bonds. The van der Waals surface area contributed by atoms with Crippen molar-refractivity contribution >= 4 is 12.4 Å². The Balaban J connectivity index is 3.50. The van der Waals surface area contributed by atoms with Crippen LogP contribution in [0.25, 0.3) is 0 Å². The maximum atomic E-state index is 12.3. The van der Waals surface area contributed by atoms with Crippen molar-refractivity contribution in [2.24, 2.45) is 0 Å². The van der Waals surface area contributed by atoms with Gasteiger partial charge in [0.15, 0.2) is 0 Å². The summed E-state index contributed by atoms with van der Waals surface area (Å²) in [5, 5.41) is 0. The Morgan fingerprint density at radius 3 is 1.61 bits per heavy atom. The van der Waals surface area contributed by atoms with Gasteiger partial charge in [0.1, 0.15) is 0 Å². The van der Waals surface area contributed by atoms with Crippen molar-refractivity contribution in [2.45, 2.75) is 12.4 Å². The van der Waals surface area contributed by atoms with E-state index in [0.29, 0.717) is 0 Å². The second-order valence-corrected chi connectivity index (χ2v) is 3.37. The van der Waals surface area contributed by atoms with Crippen molar-refractivity contribution in [1.29, 1.82) is 0 Å². The van der Waals surface area contributed by atoms with E-state index in [1.807, 2.05) is 0 Å². The van der Waals surface area contributed by atoms with Crippen LogP contribution in [0.2, 0.25) is 0 Å². The van der Waals surface area contributed by atoms with E-state index < -0.39 is 42.0 Å². The van der Waals surface area contributed by atoms with Crippen LogP contribution < -0.4 is 5.46 Å². The summed E-state index contributed by atoms with van der Waals surface area (Å²) in [4.78, 5) is 0. The third-order valence-corrected chi connectivity index (χ3v) is 2.04. The van der Waals surface area contributed by atoms with Gasteiger partial charge in [0.2, 0.25) is 0 Å². The summed E-state index contributed by atoms with van der Waals surface area (Å²) >= 11 is 0. The van der Waals surface area contributed by atoms with E-state index in [9.17, 15) is 39.3 Å². The summed E-state index contributed by atoms with van der Waals surface area (Å²) in [5.41, 5.74) is -6.20. The van der Waals surface area contributed by atoms with Gasteiger partial charge in [0.05, 0.1) is 5.56 Å². The Labute approximate surface area is 94.5 Å². The number of alkyl halides is 6. The summed E-state index contributed by atoms with van der Waals surface area (Å²) in [6.07, 6.45) is -10.6. The van der Waals surface area contributed by atoms with Crippen molar-refractivity contribution in [3.8, 4) is 0 Å². The molecule has 0 unspecified atom stereocenters. The lowest BCUT2D eigenvalue weighted by Crippen LogP contribution is -2.39. The molecule has 0 saturated carbocycles. The quantitative estimate of drug-likeness (QED) is 0.543. The average Bonchev–Trinajstić information content (AvgIpc) is 2.12. The highest BCUT2D eigenvalue weighted by molar-refractivity contribution is 6.74. The molecule has 0 bridgehead atoms. The predicted octanol–water partition coefficient (Wildman–Crippen LogP) is 3.78. The van der Waals surface area contributed by atoms with Gasteiger partial charge in [-0.2, -0.15) is 26.3 Å². The molecule has 1 aromatic rings. The maximum Gasteiger partial charge on any atom is 0.510 e. The summed E-state index contributed by atoms with van der Waals surface area (Å²) in [5.74, 6) is 0. The minimum absolute atomic E-state index is 0.0280. The van der Waals surface area contributed by atoms with E-state index >= 15 is 0 Å². The Kier molecular flexibility index (Phi) is 3.35. The molecule has 0 spiro atoms. The maximum absolute atomic E-state index is 12.3. The number of hydrogen-bond acceptors (Lipinski definition) is 0. The lowest BCUT2D eigenvalue weighted by Gasteiger charge is -2.22. The second kappa shape index (κ2) is 4.09. The van der Waals surface area contributed by atoms with Crippen LogP contribution in [0.15, 0.2) is 18.2 Å². The van der Waals surface area contributed by atoms with Crippen LogP contribution in [0, 0.1) is 0 Å². The smallest absolute Gasteiger partial charge is 0.445 e. The van der Waals surface area contributed by atoms with Crippen molar-refractivity contribution in [3.63, 3.8) is 0 Å². The highest BCUT2D eigenvalue weighted by atomic mass is 19.4. The first-order chi connectivity index (χ1) is 7.83. The summed E-state index contributed by atoms with van der Waals surface area (Å²) in [7, 11) is 0. The number of benzene rings is 1. The first kappa shape index (κ1) is 14.7. The van der Waals surface area contributed by atoms with Crippen LogP contribution in [0.5, 0.6) is 0 Å². The molecule has 0 nitrogen and oxygen atoms in total. The highest BCUT2D eigenvalue weighted by Crippen LogP contribution is 2.35. The molecular weight excluding hydrogens is 278 g/mol. The van der Waals surface area contributed by atoms with Crippen molar-refractivity contribution < 1.29 is 39.3 Å². The van der Waals surface area contributed by atoms with E-state index in [1.165, 1.54) is 0 Å². The Bertz CT molecular complexity index is 439. The van der Waals surface area contributed by atoms with E-state index in [0.717, 1.165) is 0 Å². The molecule has 0 saturated heterocycles. The molecule has 0 fully saturated rings. The number of halogens is 9. The van der Waals surface area contributed by atoms with E-state index in [1.54, 1.807) is 0 Å². The molecule has 0 heterocycles. The van der Waals surface area contributed by atoms with Crippen molar-refractivity contribution in [3.05, 3.63) is 29.3 Å². The van der Waals surface area contributed by atoms with Crippen LogP contribution in [0.3, 0.4) is 0 Å². The van der Waals surface area contributed by atoms with Gasteiger partial charge in [-0.25, -0.2) is 0 Å². The van der Waals surface area contributed by atoms with Gasteiger partial charge in [-0.15, -0.1) is 0 Å². The third-order valence-electron chi connectivity index (χ3n) is 2.04. The van der Waals surface area contributed by atoms with E-state index in [4.69, 9.17) is 0 Å². The van der Waals surface area contributed by atoms with Crippen molar-refractivity contribution in [1.82, 2.24) is 0 Å². The Hall–Kier alpha value is -1.35. The van der Waals surface area contributed by atoms with Crippen LogP contribution in [-0.4, -0.2) is 6.98 Å². The molecule has 0 aliphatic rings. The molecule has 102 valence electrons. The zero-order valence-corrected chi connectivity index (χ0v) is 8.21. The first-order valence-corrected chi connectivity index (χ1v) is 4.32. The fraction of sp³-hybridized carbons (Fsp3) is 0.250. The first-order valence-electron chi connectivity index (χ1n) is 4.32. The topological polar surface area (TPSA) is 0 Å². The van der Waals surface area contributed by atoms with Gasteiger partial charge in [0, 0.05) is 5.56 Å². The fourth-order valence-corrected chi connectivity index (χ4v) is 1.26. The molecule has 0 aliphatic carbocycles. The summed E-state index contributed by atoms with van der Waals surface area (Å²) < 4.78 is 110. The van der Waals surface area contributed by atoms with Crippen LogP contribution >= 0.6 is 0 Å². The van der Waals surface area contributed by atoms with Gasteiger partial charge >= 0.3 is 19.3 Å². The van der Waals surface area contributed by atoms with Gasteiger partial charge < -0.3 is 12.9 Å². The van der Waals surface area contributed by atoms with E-state index in [2.05, 4.69) is 0 Å². The molecule has 0 atom stereocenters. The predicted molar refractivity (Wildman–Crippen MR) is 45.2 cm³/mol. The zero-order chi connectivity index (χ0) is 14.4. The molecule has 0 aromatic heterocycles. The molecular formula is C8H3BF9-. The van der Waals surface area contributed by atoms with Gasteiger partial charge in [0.25, 0.3) is 0 Å². The molecule has 1 rings (SSSR count).